The first-order valence-electron chi connectivity index (χ1n) is 11.8. The lowest BCUT2D eigenvalue weighted by Crippen LogP contribution is -2.30. The highest BCUT2D eigenvalue weighted by molar-refractivity contribution is 6.35. The Morgan fingerprint density at radius 2 is 1.37 bits per heavy atom. The summed E-state index contributed by atoms with van der Waals surface area (Å²) in [4.78, 5) is 35.3. The number of ether oxygens (including phenoxy) is 1. The van der Waals surface area contributed by atoms with Gasteiger partial charge in [0.25, 0.3) is 5.91 Å². The van der Waals surface area contributed by atoms with E-state index in [2.05, 4.69) is 5.32 Å². The SMILES string of the molecule is CC(OC(=O)c1ccc2nc(-c3ccccc3)c(-c3ccccc3)nc2c1)C(=O)Nc1cc(Cl)ccc1Cl. The van der Waals surface area contributed by atoms with Gasteiger partial charge in [-0.15, -0.1) is 0 Å². The van der Waals surface area contributed by atoms with Gasteiger partial charge >= 0.3 is 5.97 Å². The van der Waals surface area contributed by atoms with Gasteiger partial charge in [-0.1, -0.05) is 83.9 Å². The van der Waals surface area contributed by atoms with E-state index in [-0.39, 0.29) is 5.56 Å². The lowest BCUT2D eigenvalue weighted by molar-refractivity contribution is -0.123. The Morgan fingerprint density at radius 1 is 0.763 bits per heavy atom. The highest BCUT2D eigenvalue weighted by Gasteiger charge is 2.21. The minimum Gasteiger partial charge on any atom is -0.449 e. The van der Waals surface area contributed by atoms with Crippen molar-refractivity contribution in [1.82, 2.24) is 9.97 Å². The quantitative estimate of drug-likeness (QED) is 0.225. The molecule has 1 unspecified atom stereocenters. The molecule has 5 rings (SSSR count). The van der Waals surface area contributed by atoms with Crippen molar-refractivity contribution in [2.24, 2.45) is 0 Å². The number of hydrogen-bond donors (Lipinski definition) is 1. The summed E-state index contributed by atoms with van der Waals surface area (Å²) < 4.78 is 5.42. The molecule has 0 spiro atoms. The van der Waals surface area contributed by atoms with Crippen molar-refractivity contribution >= 4 is 51.8 Å². The number of carbonyl (C=O) groups excluding carboxylic acids is 2. The molecule has 5 aromatic rings. The first-order chi connectivity index (χ1) is 18.4. The lowest BCUT2D eigenvalue weighted by Gasteiger charge is -2.15. The molecule has 1 heterocycles. The topological polar surface area (TPSA) is 81.2 Å². The van der Waals surface area contributed by atoms with Crippen LogP contribution in [0.4, 0.5) is 5.69 Å². The van der Waals surface area contributed by atoms with Crippen molar-refractivity contribution in [1.29, 1.82) is 0 Å². The first-order valence-corrected chi connectivity index (χ1v) is 12.5. The maximum Gasteiger partial charge on any atom is 0.338 e. The number of fused-ring (bicyclic) bond motifs is 1. The Bertz CT molecular complexity index is 1640. The molecular formula is C30H21Cl2N3O3. The van der Waals surface area contributed by atoms with Crippen molar-refractivity contribution < 1.29 is 14.3 Å². The Hall–Kier alpha value is -4.26. The summed E-state index contributed by atoms with van der Waals surface area (Å²) in [5, 5.41) is 3.36. The molecule has 1 N–H and O–H groups in total. The van der Waals surface area contributed by atoms with Gasteiger partial charge in [-0.05, 0) is 43.3 Å². The summed E-state index contributed by atoms with van der Waals surface area (Å²) in [5.74, 6) is -1.20. The number of amides is 1. The number of aromatic nitrogens is 2. The van der Waals surface area contributed by atoms with Crippen LogP contribution in [0, 0.1) is 0 Å². The van der Waals surface area contributed by atoms with Crippen molar-refractivity contribution in [3.05, 3.63) is 113 Å². The van der Waals surface area contributed by atoms with Crippen LogP contribution in [-0.2, 0) is 9.53 Å². The van der Waals surface area contributed by atoms with E-state index < -0.39 is 18.0 Å². The largest absolute Gasteiger partial charge is 0.449 e. The smallest absolute Gasteiger partial charge is 0.338 e. The van der Waals surface area contributed by atoms with E-state index in [0.29, 0.717) is 32.5 Å². The average Bonchev–Trinajstić information content (AvgIpc) is 2.94. The van der Waals surface area contributed by atoms with Crippen LogP contribution in [-0.4, -0.2) is 27.9 Å². The van der Waals surface area contributed by atoms with E-state index in [9.17, 15) is 9.59 Å². The highest BCUT2D eigenvalue weighted by Crippen LogP contribution is 2.31. The summed E-state index contributed by atoms with van der Waals surface area (Å²) in [6.45, 7) is 1.48. The predicted molar refractivity (Wildman–Crippen MR) is 150 cm³/mol. The fourth-order valence-electron chi connectivity index (χ4n) is 3.89. The third-order valence-electron chi connectivity index (χ3n) is 5.83. The zero-order valence-corrected chi connectivity index (χ0v) is 21.7. The Balaban J connectivity index is 1.42. The van der Waals surface area contributed by atoms with E-state index in [1.54, 1.807) is 30.3 Å². The summed E-state index contributed by atoms with van der Waals surface area (Å²) in [6, 6.07) is 29.2. The predicted octanol–water partition coefficient (Wildman–Crippen LogP) is 7.45. The van der Waals surface area contributed by atoms with Crippen molar-refractivity contribution in [2.45, 2.75) is 13.0 Å². The normalized spacial score (nSPS) is 11.7. The molecule has 1 amide bonds. The van der Waals surface area contributed by atoms with Crippen LogP contribution >= 0.6 is 23.2 Å². The van der Waals surface area contributed by atoms with Crippen molar-refractivity contribution in [2.75, 3.05) is 5.32 Å². The molecule has 38 heavy (non-hydrogen) atoms. The maximum absolute atomic E-state index is 12.9. The molecule has 0 radical (unpaired) electrons. The van der Waals surface area contributed by atoms with E-state index in [4.69, 9.17) is 37.9 Å². The van der Waals surface area contributed by atoms with Crippen molar-refractivity contribution in [3.8, 4) is 22.5 Å². The fraction of sp³-hybridized carbons (Fsp3) is 0.0667. The number of halogens is 2. The van der Waals surface area contributed by atoms with Crippen LogP contribution in [0.1, 0.15) is 17.3 Å². The van der Waals surface area contributed by atoms with E-state index in [0.717, 1.165) is 16.8 Å². The monoisotopic (exact) mass is 541 g/mol. The van der Waals surface area contributed by atoms with Gasteiger partial charge in [0, 0.05) is 16.1 Å². The van der Waals surface area contributed by atoms with Crippen LogP contribution in [0.25, 0.3) is 33.5 Å². The lowest BCUT2D eigenvalue weighted by atomic mass is 10.0. The molecular weight excluding hydrogens is 521 g/mol. The number of nitrogens with zero attached hydrogens (tertiary/aromatic N) is 2. The zero-order valence-electron chi connectivity index (χ0n) is 20.2. The van der Waals surface area contributed by atoms with E-state index in [1.807, 2.05) is 60.7 Å². The standard InChI is InChI=1S/C30H21Cl2N3O3/c1-18(29(36)35-25-17-22(31)13-14-23(25)32)38-30(37)21-12-15-24-26(16-21)34-28(20-10-6-3-7-11-20)27(33-24)19-8-4-2-5-9-19/h2-18H,1H3,(H,35,36). The van der Waals surface area contributed by atoms with Crippen LogP contribution < -0.4 is 5.32 Å². The van der Waals surface area contributed by atoms with Crippen LogP contribution in [0.3, 0.4) is 0 Å². The summed E-state index contributed by atoms with van der Waals surface area (Å²) in [7, 11) is 0. The van der Waals surface area contributed by atoms with E-state index >= 15 is 0 Å². The Morgan fingerprint density at radius 3 is 2.00 bits per heavy atom. The van der Waals surface area contributed by atoms with Gasteiger partial charge in [0.15, 0.2) is 6.10 Å². The molecule has 0 bridgehead atoms. The molecule has 188 valence electrons. The van der Waals surface area contributed by atoms with Gasteiger partial charge in [-0.3, -0.25) is 4.79 Å². The molecule has 0 aliphatic carbocycles. The summed E-state index contributed by atoms with van der Waals surface area (Å²) in [5.41, 5.74) is 5.00. The fourth-order valence-corrected chi connectivity index (χ4v) is 4.22. The van der Waals surface area contributed by atoms with E-state index in [1.165, 1.54) is 13.0 Å². The molecule has 6 nitrogen and oxygen atoms in total. The van der Waals surface area contributed by atoms with Gasteiger partial charge in [0.2, 0.25) is 0 Å². The third-order valence-corrected chi connectivity index (χ3v) is 6.40. The molecule has 0 aliphatic rings. The maximum atomic E-state index is 12.9. The number of rotatable bonds is 6. The summed E-state index contributed by atoms with van der Waals surface area (Å²) in [6.07, 6.45) is -1.08. The molecule has 0 saturated heterocycles. The number of benzene rings is 4. The number of carbonyl (C=O) groups is 2. The van der Waals surface area contributed by atoms with Gasteiger partial charge in [0.1, 0.15) is 0 Å². The molecule has 4 aromatic carbocycles. The second kappa shape index (κ2) is 11.0. The second-order valence-electron chi connectivity index (χ2n) is 8.52. The van der Waals surface area contributed by atoms with Gasteiger partial charge in [-0.2, -0.15) is 0 Å². The molecule has 0 fully saturated rings. The first kappa shape index (κ1) is 25.4. The molecule has 1 atom stereocenters. The molecule has 1 aromatic heterocycles. The Kier molecular flexibility index (Phi) is 7.36. The zero-order chi connectivity index (χ0) is 26.6. The number of nitrogens with one attached hydrogen (secondary N) is 1. The van der Waals surface area contributed by atoms with Crippen molar-refractivity contribution in [3.63, 3.8) is 0 Å². The van der Waals surface area contributed by atoms with Gasteiger partial charge < -0.3 is 10.1 Å². The molecule has 0 saturated carbocycles. The van der Waals surface area contributed by atoms with Crippen LogP contribution in [0.5, 0.6) is 0 Å². The number of anilines is 1. The Labute approximate surface area is 229 Å². The average molecular weight is 542 g/mol. The minimum absolute atomic E-state index is 0.249. The second-order valence-corrected chi connectivity index (χ2v) is 9.36. The van der Waals surface area contributed by atoms with Gasteiger partial charge in [-0.25, -0.2) is 14.8 Å². The highest BCUT2D eigenvalue weighted by atomic mass is 35.5. The molecule has 0 aliphatic heterocycles. The summed E-state index contributed by atoms with van der Waals surface area (Å²) >= 11 is 12.1. The van der Waals surface area contributed by atoms with Crippen LogP contribution in [0.2, 0.25) is 10.0 Å². The third kappa shape index (κ3) is 5.52. The van der Waals surface area contributed by atoms with Gasteiger partial charge in [0.05, 0.1) is 38.7 Å². The van der Waals surface area contributed by atoms with Crippen LogP contribution in [0.15, 0.2) is 97.1 Å². The minimum atomic E-state index is -1.08. The molecule has 8 heteroatoms. The number of esters is 1. The number of hydrogen-bond acceptors (Lipinski definition) is 5.